The number of Topliss-reactive ketones (excluding diaryl/α,β-unsaturated/α-hetero) is 1. The second-order valence-corrected chi connectivity index (χ2v) is 4.33. The molecule has 0 aliphatic heterocycles. The summed E-state index contributed by atoms with van der Waals surface area (Å²) in [6.45, 7) is -0.131. The molecule has 0 aliphatic carbocycles. The predicted octanol–water partition coefficient (Wildman–Crippen LogP) is 3.34. The highest BCUT2D eigenvalue weighted by Crippen LogP contribution is 2.18. The van der Waals surface area contributed by atoms with Crippen molar-refractivity contribution in [1.82, 2.24) is 0 Å². The van der Waals surface area contributed by atoms with Gasteiger partial charge in [0.05, 0.1) is 0 Å². The summed E-state index contributed by atoms with van der Waals surface area (Å²) in [5, 5.41) is 0.430. The zero-order chi connectivity index (χ0) is 13.8. The van der Waals surface area contributed by atoms with Gasteiger partial charge in [-0.1, -0.05) is 23.7 Å². The quantitative estimate of drug-likeness (QED) is 0.827. The normalized spacial score (nSPS) is 11.6. The molecule has 1 aromatic carbocycles. The maximum Gasteiger partial charge on any atom is 0.411 e. The van der Waals surface area contributed by atoms with Crippen molar-refractivity contribution >= 4 is 17.4 Å². The van der Waals surface area contributed by atoms with Crippen molar-refractivity contribution in [2.75, 3.05) is 13.2 Å². The van der Waals surface area contributed by atoms with Crippen LogP contribution < -0.4 is 0 Å². The van der Waals surface area contributed by atoms with Crippen molar-refractivity contribution in [3.63, 3.8) is 0 Å². The molecule has 0 aliphatic rings. The first-order valence-electron chi connectivity index (χ1n) is 5.19. The predicted molar refractivity (Wildman–Crippen MR) is 61.8 cm³/mol. The van der Waals surface area contributed by atoms with E-state index >= 15 is 0 Å². The largest absolute Gasteiger partial charge is 0.411 e. The van der Waals surface area contributed by atoms with Gasteiger partial charge < -0.3 is 4.74 Å². The number of hydrogen-bond donors (Lipinski definition) is 0. The molecule has 0 saturated heterocycles. The number of ether oxygens (including phenoxy) is 1. The van der Waals surface area contributed by atoms with Gasteiger partial charge in [-0.2, -0.15) is 13.2 Å². The van der Waals surface area contributed by atoms with Crippen LogP contribution >= 0.6 is 11.6 Å². The SMILES string of the molecule is Cc1ccc(CC(=O)COCC(F)(F)F)c(Cl)c1. The van der Waals surface area contributed by atoms with Crippen molar-refractivity contribution in [1.29, 1.82) is 0 Å². The summed E-state index contributed by atoms with van der Waals surface area (Å²) in [6.07, 6.45) is -4.45. The van der Waals surface area contributed by atoms with Gasteiger partial charge in [-0.05, 0) is 24.1 Å². The Hall–Kier alpha value is -1.07. The molecule has 0 N–H and O–H groups in total. The van der Waals surface area contributed by atoms with Gasteiger partial charge >= 0.3 is 6.18 Å². The first-order chi connectivity index (χ1) is 8.28. The molecule has 18 heavy (non-hydrogen) atoms. The maximum absolute atomic E-state index is 11.8. The minimum atomic E-state index is -4.41. The molecule has 0 radical (unpaired) electrons. The van der Waals surface area contributed by atoms with Gasteiger partial charge in [0.1, 0.15) is 13.2 Å². The number of ketones is 1. The number of carbonyl (C=O) groups excluding carboxylic acids is 1. The second kappa shape index (κ2) is 6.20. The van der Waals surface area contributed by atoms with Crippen LogP contribution in [0, 0.1) is 6.92 Å². The Labute approximate surface area is 108 Å². The molecule has 0 fully saturated rings. The van der Waals surface area contributed by atoms with Crippen LogP contribution in [0.1, 0.15) is 11.1 Å². The third kappa shape index (κ3) is 5.51. The van der Waals surface area contributed by atoms with Crippen molar-refractivity contribution in [3.8, 4) is 0 Å². The third-order valence-corrected chi connectivity index (χ3v) is 2.48. The van der Waals surface area contributed by atoms with Crippen LogP contribution in [0.3, 0.4) is 0 Å². The molecule has 0 aromatic heterocycles. The topological polar surface area (TPSA) is 26.3 Å². The van der Waals surface area contributed by atoms with E-state index in [1.165, 1.54) is 0 Å². The Morgan fingerprint density at radius 1 is 1.39 bits per heavy atom. The fourth-order valence-electron chi connectivity index (χ4n) is 1.34. The van der Waals surface area contributed by atoms with Crippen molar-refractivity contribution in [2.24, 2.45) is 0 Å². The van der Waals surface area contributed by atoms with E-state index in [4.69, 9.17) is 11.6 Å². The number of rotatable bonds is 5. The summed E-state index contributed by atoms with van der Waals surface area (Å²) in [4.78, 5) is 11.4. The summed E-state index contributed by atoms with van der Waals surface area (Å²) >= 11 is 5.91. The Kier molecular flexibility index (Phi) is 5.16. The average Bonchev–Trinajstić information content (AvgIpc) is 2.20. The Morgan fingerprint density at radius 3 is 2.61 bits per heavy atom. The summed E-state index contributed by atoms with van der Waals surface area (Å²) in [7, 11) is 0. The number of halogens is 4. The first-order valence-corrected chi connectivity index (χ1v) is 5.57. The number of alkyl halides is 3. The van der Waals surface area contributed by atoms with E-state index < -0.39 is 25.2 Å². The van der Waals surface area contributed by atoms with Gasteiger partial charge in [0.15, 0.2) is 5.78 Å². The number of benzene rings is 1. The van der Waals surface area contributed by atoms with Crippen molar-refractivity contribution in [2.45, 2.75) is 19.5 Å². The monoisotopic (exact) mass is 280 g/mol. The molecule has 1 aromatic rings. The van der Waals surface area contributed by atoms with Crippen molar-refractivity contribution in [3.05, 3.63) is 34.3 Å². The van der Waals surface area contributed by atoms with E-state index in [2.05, 4.69) is 4.74 Å². The van der Waals surface area contributed by atoms with Crippen LogP contribution in [-0.2, 0) is 16.0 Å². The van der Waals surface area contributed by atoms with Gasteiger partial charge in [0, 0.05) is 11.4 Å². The summed E-state index contributed by atoms with van der Waals surface area (Å²) < 4.78 is 39.6. The fourth-order valence-corrected chi connectivity index (χ4v) is 1.64. The standard InChI is InChI=1S/C12H12ClF3O2/c1-8-2-3-9(11(13)4-8)5-10(17)6-18-7-12(14,15)16/h2-4H,5-7H2,1H3. The number of hydrogen-bond acceptors (Lipinski definition) is 2. The zero-order valence-corrected chi connectivity index (χ0v) is 10.4. The van der Waals surface area contributed by atoms with Gasteiger partial charge in [0.2, 0.25) is 0 Å². The number of carbonyl (C=O) groups is 1. The van der Waals surface area contributed by atoms with Crippen LogP contribution in [0.5, 0.6) is 0 Å². The third-order valence-electron chi connectivity index (χ3n) is 2.12. The van der Waals surface area contributed by atoms with Crippen LogP contribution in [-0.4, -0.2) is 25.2 Å². The lowest BCUT2D eigenvalue weighted by atomic mass is 10.1. The summed E-state index contributed by atoms with van der Waals surface area (Å²) in [5.74, 6) is -0.440. The molecule has 0 unspecified atom stereocenters. The van der Waals surface area contributed by atoms with E-state index in [0.29, 0.717) is 10.6 Å². The Morgan fingerprint density at radius 2 is 2.06 bits per heavy atom. The zero-order valence-electron chi connectivity index (χ0n) is 9.68. The average molecular weight is 281 g/mol. The van der Waals surface area contributed by atoms with E-state index in [-0.39, 0.29) is 6.42 Å². The van der Waals surface area contributed by atoms with E-state index in [9.17, 15) is 18.0 Å². The van der Waals surface area contributed by atoms with Crippen LogP contribution in [0.25, 0.3) is 0 Å². The van der Waals surface area contributed by atoms with Crippen molar-refractivity contribution < 1.29 is 22.7 Å². The lowest BCUT2D eigenvalue weighted by molar-refractivity contribution is -0.175. The van der Waals surface area contributed by atoms with Gasteiger partial charge in [-0.25, -0.2) is 0 Å². The highest BCUT2D eigenvalue weighted by Gasteiger charge is 2.27. The lowest BCUT2D eigenvalue weighted by Crippen LogP contribution is -2.21. The first kappa shape index (κ1) is 15.0. The Bertz CT molecular complexity index is 430. The molecule has 0 bridgehead atoms. The molecule has 6 heteroatoms. The molecular weight excluding hydrogens is 269 g/mol. The van der Waals surface area contributed by atoms with Crippen LogP contribution in [0.2, 0.25) is 5.02 Å². The highest BCUT2D eigenvalue weighted by atomic mass is 35.5. The van der Waals surface area contributed by atoms with Crippen LogP contribution in [0.4, 0.5) is 13.2 Å². The van der Waals surface area contributed by atoms with E-state index in [1.807, 2.05) is 6.92 Å². The molecule has 1 rings (SSSR count). The summed E-state index contributed by atoms with van der Waals surface area (Å²) in [5.41, 5.74) is 1.53. The highest BCUT2D eigenvalue weighted by molar-refractivity contribution is 6.31. The minimum Gasteiger partial charge on any atom is -0.364 e. The molecule has 100 valence electrons. The van der Waals surface area contributed by atoms with E-state index in [1.54, 1.807) is 18.2 Å². The Balaban J connectivity index is 2.45. The van der Waals surface area contributed by atoms with Gasteiger partial charge in [0.25, 0.3) is 0 Å². The van der Waals surface area contributed by atoms with E-state index in [0.717, 1.165) is 5.56 Å². The fraction of sp³-hybridized carbons (Fsp3) is 0.417. The molecule has 0 amide bonds. The molecule has 0 heterocycles. The van der Waals surface area contributed by atoms with Gasteiger partial charge in [-0.15, -0.1) is 0 Å². The molecule has 0 saturated carbocycles. The maximum atomic E-state index is 11.8. The molecule has 0 spiro atoms. The second-order valence-electron chi connectivity index (χ2n) is 3.92. The summed E-state index contributed by atoms with van der Waals surface area (Å²) in [6, 6.07) is 5.16. The molecule has 0 atom stereocenters. The number of aryl methyl sites for hydroxylation is 1. The lowest BCUT2D eigenvalue weighted by Gasteiger charge is -2.08. The van der Waals surface area contributed by atoms with Crippen LogP contribution in [0.15, 0.2) is 18.2 Å². The molecular formula is C12H12ClF3O2. The smallest absolute Gasteiger partial charge is 0.364 e. The minimum absolute atomic E-state index is 0.0308. The molecule has 2 nitrogen and oxygen atoms in total. The van der Waals surface area contributed by atoms with Gasteiger partial charge in [-0.3, -0.25) is 4.79 Å².